The van der Waals surface area contributed by atoms with Gasteiger partial charge in [0, 0.05) is 37.6 Å². The second kappa shape index (κ2) is 18.3. The fourth-order valence-electron chi connectivity index (χ4n) is 6.22. The molecule has 2 unspecified atom stereocenters. The van der Waals surface area contributed by atoms with Crippen LogP contribution in [0, 0.1) is 0 Å². The largest absolute Gasteiger partial charge is 0.493 e. The average molecular weight is 598 g/mol. The smallest absolute Gasteiger partial charge is 0.192 e. The summed E-state index contributed by atoms with van der Waals surface area (Å²) in [4.78, 5) is 9.43. The number of hydrogen-bond donors (Lipinski definition) is 0. The summed E-state index contributed by atoms with van der Waals surface area (Å²) in [5, 5.41) is 0. The van der Waals surface area contributed by atoms with Crippen LogP contribution < -0.4 is 14.4 Å². The molecule has 0 aliphatic carbocycles. The lowest BCUT2D eigenvalue weighted by molar-refractivity contribution is 0.131. The molecule has 3 aromatic rings. The molecule has 0 saturated carbocycles. The Morgan fingerprint density at radius 2 is 1.68 bits per heavy atom. The zero-order valence-corrected chi connectivity index (χ0v) is 28.5. The van der Waals surface area contributed by atoms with Gasteiger partial charge >= 0.3 is 0 Å². The molecule has 1 fully saturated rings. The quantitative estimate of drug-likeness (QED) is 0.233. The third-order valence-corrected chi connectivity index (χ3v) is 8.51. The molecule has 3 heterocycles. The Kier molecular flexibility index (Phi) is 14.5. The van der Waals surface area contributed by atoms with E-state index in [0.717, 1.165) is 74.6 Å². The molecule has 0 bridgehead atoms. The number of benzene rings is 2. The van der Waals surface area contributed by atoms with Gasteiger partial charge in [-0.3, -0.25) is 9.88 Å². The van der Waals surface area contributed by atoms with E-state index in [0.29, 0.717) is 12.1 Å². The van der Waals surface area contributed by atoms with E-state index in [4.69, 9.17) is 9.47 Å². The number of anilines is 1. The summed E-state index contributed by atoms with van der Waals surface area (Å²) in [6.07, 6.45) is 12.3. The van der Waals surface area contributed by atoms with E-state index in [2.05, 4.69) is 96.2 Å². The van der Waals surface area contributed by atoms with Crippen molar-refractivity contribution in [1.82, 2.24) is 9.88 Å². The van der Waals surface area contributed by atoms with Gasteiger partial charge in [-0.1, -0.05) is 83.5 Å². The highest BCUT2D eigenvalue weighted by atomic mass is 16.5. The van der Waals surface area contributed by atoms with Gasteiger partial charge in [0.25, 0.3) is 0 Å². The Bertz CT molecular complexity index is 1320. The van der Waals surface area contributed by atoms with Crippen molar-refractivity contribution in [2.24, 2.45) is 0 Å². The summed E-state index contributed by atoms with van der Waals surface area (Å²) in [6.45, 7) is 17.0. The Labute approximate surface area is 267 Å². The Hall–Kier alpha value is -3.57. The zero-order chi connectivity index (χ0) is 31.9. The zero-order valence-electron chi connectivity index (χ0n) is 28.5. The topological polar surface area (TPSA) is 37.8 Å². The van der Waals surface area contributed by atoms with Crippen molar-refractivity contribution in [3.05, 3.63) is 107 Å². The molecule has 44 heavy (non-hydrogen) atoms. The van der Waals surface area contributed by atoms with Crippen LogP contribution in [0.5, 0.6) is 11.5 Å². The van der Waals surface area contributed by atoms with E-state index in [1.54, 1.807) is 7.11 Å². The number of allylic oxidation sites excluding steroid dienone is 3. The van der Waals surface area contributed by atoms with Crippen LogP contribution in [0.1, 0.15) is 85.3 Å². The maximum absolute atomic E-state index is 6.63. The normalized spacial score (nSPS) is 18.3. The first-order valence-corrected chi connectivity index (χ1v) is 16.8. The minimum atomic E-state index is 0.404. The molecule has 1 aromatic heterocycles. The molecule has 5 rings (SSSR count). The first-order valence-electron chi connectivity index (χ1n) is 16.8. The number of piperidine rings is 1. The number of methoxy groups -OCH3 is 1. The highest BCUT2D eigenvalue weighted by molar-refractivity contribution is 5.71. The van der Waals surface area contributed by atoms with E-state index in [9.17, 15) is 0 Å². The minimum Gasteiger partial charge on any atom is -0.493 e. The lowest BCUT2D eigenvalue weighted by Gasteiger charge is -2.46. The Morgan fingerprint density at radius 1 is 0.955 bits per heavy atom. The Balaban J connectivity index is 0.00000127. The highest BCUT2D eigenvalue weighted by Gasteiger charge is 2.36. The lowest BCUT2D eigenvalue weighted by Crippen LogP contribution is -2.50. The second-order valence-electron chi connectivity index (χ2n) is 10.9. The molecule has 0 spiro atoms. The molecule has 5 nitrogen and oxygen atoms in total. The van der Waals surface area contributed by atoms with E-state index in [-0.39, 0.29) is 0 Å². The van der Waals surface area contributed by atoms with Crippen LogP contribution in [0.4, 0.5) is 5.69 Å². The summed E-state index contributed by atoms with van der Waals surface area (Å²) in [7, 11) is 1.73. The van der Waals surface area contributed by atoms with E-state index >= 15 is 0 Å². The summed E-state index contributed by atoms with van der Waals surface area (Å²) >= 11 is 0. The predicted molar refractivity (Wildman–Crippen MR) is 187 cm³/mol. The van der Waals surface area contributed by atoms with Crippen LogP contribution in [0.3, 0.4) is 0 Å². The van der Waals surface area contributed by atoms with Gasteiger partial charge in [-0.05, 0) is 86.9 Å². The first-order chi connectivity index (χ1) is 21.6. The number of hydrogen-bond acceptors (Lipinski definition) is 5. The van der Waals surface area contributed by atoms with Crippen molar-refractivity contribution in [2.45, 2.75) is 99.1 Å². The minimum absolute atomic E-state index is 0.404. The third-order valence-electron chi connectivity index (χ3n) is 8.51. The Morgan fingerprint density at radius 3 is 2.34 bits per heavy atom. The summed E-state index contributed by atoms with van der Waals surface area (Å²) in [6, 6.07) is 22.3. The molecular weight excluding hydrogens is 542 g/mol. The highest BCUT2D eigenvalue weighted by Crippen LogP contribution is 2.46. The van der Waals surface area contributed by atoms with Crippen LogP contribution in [-0.4, -0.2) is 42.2 Å². The molecule has 2 aliphatic heterocycles. The second-order valence-corrected chi connectivity index (χ2v) is 10.9. The maximum atomic E-state index is 6.63. The molecule has 2 atom stereocenters. The molecule has 1 saturated heterocycles. The van der Waals surface area contributed by atoms with Gasteiger partial charge in [0.2, 0.25) is 0 Å². The van der Waals surface area contributed by atoms with E-state index < -0.39 is 0 Å². The number of rotatable bonds is 10. The summed E-state index contributed by atoms with van der Waals surface area (Å²) < 4.78 is 12.4. The van der Waals surface area contributed by atoms with Gasteiger partial charge in [0.05, 0.1) is 18.5 Å². The van der Waals surface area contributed by atoms with Gasteiger partial charge in [0.1, 0.15) is 5.76 Å². The van der Waals surface area contributed by atoms with Gasteiger partial charge in [-0.15, -0.1) is 0 Å². The van der Waals surface area contributed by atoms with Crippen LogP contribution in [0.2, 0.25) is 0 Å². The van der Waals surface area contributed by atoms with Crippen molar-refractivity contribution in [3.8, 4) is 11.5 Å². The van der Waals surface area contributed by atoms with Crippen LogP contribution >= 0.6 is 0 Å². The van der Waals surface area contributed by atoms with Crippen LogP contribution in [0.25, 0.3) is 0 Å². The van der Waals surface area contributed by atoms with Crippen LogP contribution in [-0.2, 0) is 12.8 Å². The summed E-state index contributed by atoms with van der Waals surface area (Å²) in [5.74, 6) is 2.52. The molecule has 0 amide bonds. The number of nitrogens with zero attached hydrogens (tertiary/aromatic N) is 3. The fraction of sp³-hybridized carbons (Fsp3) is 0.462. The van der Waals surface area contributed by atoms with Gasteiger partial charge in [0.15, 0.2) is 11.5 Å². The summed E-state index contributed by atoms with van der Waals surface area (Å²) in [5.41, 5.74) is 6.31. The molecule has 2 aromatic carbocycles. The van der Waals surface area contributed by atoms with Crippen molar-refractivity contribution >= 4 is 5.69 Å². The maximum Gasteiger partial charge on any atom is 0.192 e. The molecule has 2 aliphatic rings. The number of ether oxygens (including phenoxy) is 2. The first kappa shape index (κ1) is 34.9. The average Bonchev–Trinajstić information content (AvgIpc) is 3.09. The van der Waals surface area contributed by atoms with E-state index in [1.165, 1.54) is 22.4 Å². The molecule has 0 radical (unpaired) electrons. The number of pyridine rings is 1. The molecular formula is C39H55N3O2. The lowest BCUT2D eigenvalue weighted by atomic mass is 9.92. The molecule has 0 N–H and O–H groups in total. The monoisotopic (exact) mass is 597 g/mol. The number of para-hydroxylation sites is 1. The van der Waals surface area contributed by atoms with Gasteiger partial charge in [-0.2, -0.15) is 0 Å². The standard InChI is InChI=1S/C35H43N3O2.2C2H6/c1-5-27(23-29-15-19-36-20-16-29)24-34-26(3)38(32-13-10-14-33(39-4)35(32)40-34)31-18-22-37(30(6-2)25-31)21-17-28-11-8-7-9-12-28;2*1-2/h7-16,19-20,24,30-31H,5-6,17-18,21-23,25H2,1-4H3;2*1-2H3/b27-24+;;. The number of fused-ring (bicyclic) bond motifs is 1. The van der Waals surface area contributed by atoms with Crippen molar-refractivity contribution in [2.75, 3.05) is 25.1 Å². The predicted octanol–water partition coefficient (Wildman–Crippen LogP) is 9.64. The number of aromatic nitrogens is 1. The number of likely N-dealkylation sites (tertiary alicyclic amines) is 1. The molecule has 238 valence electrons. The molecule has 5 heteroatoms. The van der Waals surface area contributed by atoms with E-state index in [1.807, 2.05) is 46.2 Å². The van der Waals surface area contributed by atoms with Crippen molar-refractivity contribution in [3.63, 3.8) is 0 Å². The van der Waals surface area contributed by atoms with Crippen molar-refractivity contribution < 1.29 is 9.47 Å². The fourth-order valence-corrected chi connectivity index (χ4v) is 6.22. The van der Waals surface area contributed by atoms with Gasteiger partial charge in [-0.25, -0.2) is 0 Å². The van der Waals surface area contributed by atoms with Crippen LogP contribution in [0.15, 0.2) is 96.2 Å². The third kappa shape index (κ3) is 8.75. The SMILES string of the molecule is CC.CC.CC/C(=C\C1=C(C)N(C2CCN(CCc3ccccc3)C(CC)C2)c2cccc(OC)c2O1)Cc1ccncc1. The van der Waals surface area contributed by atoms with Crippen molar-refractivity contribution in [1.29, 1.82) is 0 Å². The van der Waals surface area contributed by atoms with Gasteiger partial charge < -0.3 is 14.4 Å².